The molecule has 2 aromatic heterocycles. The number of rotatable bonds is 5. The second-order valence-electron chi connectivity index (χ2n) is 6.36. The summed E-state index contributed by atoms with van der Waals surface area (Å²) < 4.78 is 15.6. The van der Waals surface area contributed by atoms with Crippen LogP contribution in [0.3, 0.4) is 0 Å². The Morgan fingerprint density at radius 3 is 2.74 bits per heavy atom. The van der Waals surface area contributed by atoms with E-state index in [0.29, 0.717) is 22.5 Å². The second kappa shape index (κ2) is 7.84. The molecule has 3 aromatic rings. The van der Waals surface area contributed by atoms with Crippen molar-refractivity contribution in [1.29, 1.82) is 0 Å². The summed E-state index contributed by atoms with van der Waals surface area (Å²) in [5, 5.41) is 0. The largest absolute Gasteiger partial charge is 0.383 e. The Morgan fingerprint density at radius 1 is 1.30 bits per heavy atom. The van der Waals surface area contributed by atoms with Crippen LogP contribution in [0.25, 0.3) is 26.9 Å². The number of halogens is 1. The van der Waals surface area contributed by atoms with Crippen LogP contribution in [0.5, 0.6) is 0 Å². The first-order valence-corrected chi connectivity index (χ1v) is 9.64. The van der Waals surface area contributed by atoms with Gasteiger partial charge in [-0.25, -0.2) is 14.4 Å². The number of nitrogens with zero attached hydrogens (tertiary/aromatic N) is 2. The minimum Gasteiger partial charge on any atom is -0.383 e. The summed E-state index contributed by atoms with van der Waals surface area (Å²) in [5.74, 6) is 0.0965. The molecule has 1 aromatic carbocycles. The highest BCUT2D eigenvalue weighted by Gasteiger charge is 2.13. The normalized spacial score (nSPS) is 12.6. The van der Waals surface area contributed by atoms with E-state index in [-0.39, 0.29) is 5.82 Å². The van der Waals surface area contributed by atoms with Gasteiger partial charge in [0.2, 0.25) is 0 Å². The van der Waals surface area contributed by atoms with Crippen molar-refractivity contribution in [3.05, 3.63) is 71.2 Å². The van der Waals surface area contributed by atoms with Gasteiger partial charge in [-0.3, -0.25) is 0 Å². The molecule has 0 radical (unpaired) electrons. The Bertz CT molecular complexity index is 1080. The molecule has 0 aliphatic carbocycles. The molecular weight excluding hydrogens is 357 g/mol. The van der Waals surface area contributed by atoms with Crippen LogP contribution < -0.4 is 5.73 Å². The molecule has 0 amide bonds. The number of anilines is 1. The molecule has 0 saturated heterocycles. The summed E-state index contributed by atoms with van der Waals surface area (Å²) in [4.78, 5) is 8.48. The van der Waals surface area contributed by atoms with Crippen molar-refractivity contribution < 1.29 is 4.39 Å². The molecule has 0 aliphatic heterocycles. The third kappa shape index (κ3) is 3.83. The van der Waals surface area contributed by atoms with Crippen LogP contribution in [0.4, 0.5) is 10.2 Å². The summed E-state index contributed by atoms with van der Waals surface area (Å²) in [6.07, 6.45) is 6.54. The first-order chi connectivity index (χ1) is 12.9. The fourth-order valence-corrected chi connectivity index (χ4v) is 3.68. The lowest BCUT2D eigenvalue weighted by Gasteiger charge is -2.12. The number of benzene rings is 1. The van der Waals surface area contributed by atoms with Gasteiger partial charge in [-0.15, -0.1) is 11.3 Å². The molecule has 0 unspecified atom stereocenters. The Kier molecular flexibility index (Phi) is 5.51. The first kappa shape index (κ1) is 19.0. The fourth-order valence-electron chi connectivity index (χ4n) is 2.98. The van der Waals surface area contributed by atoms with Gasteiger partial charge in [0.1, 0.15) is 11.6 Å². The molecule has 3 nitrogen and oxygen atoms in total. The van der Waals surface area contributed by atoms with Crippen molar-refractivity contribution in [2.75, 3.05) is 5.73 Å². The Labute approximate surface area is 162 Å². The minimum absolute atomic E-state index is 0.320. The molecule has 138 valence electrons. The number of allylic oxidation sites excluding steroid dienone is 5. The van der Waals surface area contributed by atoms with Crippen molar-refractivity contribution in [3.63, 3.8) is 0 Å². The summed E-state index contributed by atoms with van der Waals surface area (Å²) in [5.41, 5.74) is 13.6. The molecule has 5 heteroatoms. The van der Waals surface area contributed by atoms with Crippen molar-refractivity contribution in [2.45, 2.75) is 27.2 Å². The molecule has 0 spiro atoms. The molecule has 2 heterocycles. The third-order valence-corrected chi connectivity index (χ3v) is 5.32. The molecule has 0 atom stereocenters. The summed E-state index contributed by atoms with van der Waals surface area (Å²) in [7, 11) is 0. The minimum atomic E-state index is -0.320. The Morgan fingerprint density at radius 2 is 2.07 bits per heavy atom. The number of fused-ring (bicyclic) bond motifs is 1. The number of pyridine rings is 1. The Hall–Kier alpha value is -2.79. The van der Waals surface area contributed by atoms with E-state index >= 15 is 0 Å². The Balaban J connectivity index is 2.13. The summed E-state index contributed by atoms with van der Waals surface area (Å²) in [6, 6.07) is 5.17. The second-order valence-corrected chi connectivity index (χ2v) is 7.24. The smallest absolute Gasteiger partial charge is 0.133 e. The van der Waals surface area contributed by atoms with Crippen molar-refractivity contribution in [2.24, 2.45) is 0 Å². The van der Waals surface area contributed by atoms with E-state index in [1.165, 1.54) is 17.4 Å². The van der Waals surface area contributed by atoms with Gasteiger partial charge < -0.3 is 5.73 Å². The van der Waals surface area contributed by atoms with Gasteiger partial charge in [-0.05, 0) is 43.5 Å². The van der Waals surface area contributed by atoms with E-state index in [9.17, 15) is 4.39 Å². The van der Waals surface area contributed by atoms with Crippen molar-refractivity contribution >= 4 is 32.9 Å². The standard InChI is InChI=1S/C22H22FN3S/c1-5-14(13(3)4)7-15(6-2)18-8-16(11-25-22(18)24)17-9-21-20(10-19(17)23)26-12-27-21/h6-12H,3,5H2,1-2,4H3,(H2,24,25)/b14-7-,15-6+. The molecule has 0 bridgehead atoms. The van der Waals surface area contributed by atoms with Crippen LogP contribution in [0.1, 0.15) is 32.8 Å². The summed E-state index contributed by atoms with van der Waals surface area (Å²) >= 11 is 1.48. The lowest BCUT2D eigenvalue weighted by molar-refractivity contribution is 0.633. The molecular formula is C22H22FN3S. The highest BCUT2D eigenvalue weighted by molar-refractivity contribution is 7.16. The quantitative estimate of drug-likeness (QED) is 0.522. The zero-order valence-corrected chi connectivity index (χ0v) is 16.5. The van der Waals surface area contributed by atoms with Crippen LogP contribution in [0.15, 0.2) is 59.8 Å². The maximum absolute atomic E-state index is 14.6. The predicted octanol–water partition coefficient (Wildman–Crippen LogP) is 6.40. The van der Waals surface area contributed by atoms with Crippen LogP contribution >= 0.6 is 11.3 Å². The zero-order valence-electron chi connectivity index (χ0n) is 15.7. The lowest BCUT2D eigenvalue weighted by atomic mass is 9.96. The number of thiazole rings is 1. The number of nitrogens with two attached hydrogens (primary N) is 1. The molecule has 27 heavy (non-hydrogen) atoms. The monoisotopic (exact) mass is 379 g/mol. The maximum atomic E-state index is 14.6. The third-order valence-electron chi connectivity index (χ3n) is 4.53. The number of hydrogen-bond acceptors (Lipinski definition) is 4. The van der Waals surface area contributed by atoms with Crippen LogP contribution in [0, 0.1) is 5.82 Å². The van der Waals surface area contributed by atoms with E-state index in [2.05, 4.69) is 29.5 Å². The number of aromatic nitrogens is 2. The molecule has 0 fully saturated rings. The zero-order chi connectivity index (χ0) is 19.6. The number of nitrogen functional groups attached to an aromatic ring is 1. The topological polar surface area (TPSA) is 51.8 Å². The maximum Gasteiger partial charge on any atom is 0.133 e. The fraction of sp³-hybridized carbons (Fsp3) is 0.182. The average Bonchev–Trinajstić information content (AvgIpc) is 3.10. The summed E-state index contributed by atoms with van der Waals surface area (Å²) in [6.45, 7) is 10.1. The van der Waals surface area contributed by atoms with Crippen molar-refractivity contribution in [1.82, 2.24) is 9.97 Å². The van der Waals surface area contributed by atoms with Crippen LogP contribution in [-0.4, -0.2) is 9.97 Å². The van der Waals surface area contributed by atoms with E-state index in [4.69, 9.17) is 5.73 Å². The van der Waals surface area contributed by atoms with Crippen molar-refractivity contribution in [3.8, 4) is 11.1 Å². The van der Waals surface area contributed by atoms with E-state index in [1.807, 2.05) is 32.1 Å². The van der Waals surface area contributed by atoms with Gasteiger partial charge in [0, 0.05) is 29.0 Å². The van der Waals surface area contributed by atoms with Gasteiger partial charge in [-0.2, -0.15) is 0 Å². The van der Waals surface area contributed by atoms with Crippen LogP contribution in [-0.2, 0) is 0 Å². The lowest BCUT2D eigenvalue weighted by Crippen LogP contribution is -1.99. The van der Waals surface area contributed by atoms with Gasteiger partial charge in [0.25, 0.3) is 0 Å². The number of hydrogen-bond donors (Lipinski definition) is 1. The van der Waals surface area contributed by atoms with Gasteiger partial charge in [-0.1, -0.05) is 31.2 Å². The molecule has 0 aliphatic rings. The van der Waals surface area contributed by atoms with Gasteiger partial charge >= 0.3 is 0 Å². The van der Waals surface area contributed by atoms with Crippen LogP contribution in [0.2, 0.25) is 0 Å². The van der Waals surface area contributed by atoms with E-state index < -0.39 is 0 Å². The van der Waals surface area contributed by atoms with Gasteiger partial charge in [0.05, 0.1) is 15.7 Å². The predicted molar refractivity (Wildman–Crippen MR) is 114 cm³/mol. The van der Waals surface area contributed by atoms with E-state index in [0.717, 1.165) is 33.4 Å². The molecule has 0 saturated carbocycles. The van der Waals surface area contributed by atoms with Gasteiger partial charge in [0.15, 0.2) is 0 Å². The highest BCUT2D eigenvalue weighted by Crippen LogP contribution is 2.33. The van der Waals surface area contributed by atoms with E-state index in [1.54, 1.807) is 11.7 Å². The average molecular weight is 380 g/mol. The molecule has 2 N–H and O–H groups in total. The molecule has 3 rings (SSSR count). The SMILES string of the molecule is C=C(C)/C(=C\C(=C/C)c1cc(-c2cc3scnc3cc2F)cnc1N)CC. The first-order valence-electron chi connectivity index (χ1n) is 8.76. The highest BCUT2D eigenvalue weighted by atomic mass is 32.1.